The van der Waals surface area contributed by atoms with Crippen LogP contribution in [0.4, 0.5) is 0 Å². The Morgan fingerprint density at radius 2 is 1.06 bits per heavy atom. The molecule has 1 fully saturated rings. The number of carbonyl (C=O) groups is 1. The molecule has 0 bridgehead atoms. The molecule has 2 aromatic rings. The van der Waals surface area contributed by atoms with Crippen LogP contribution in [0.25, 0.3) is 0 Å². The number of benzene rings is 2. The van der Waals surface area contributed by atoms with Gasteiger partial charge in [0.05, 0.1) is 0 Å². The molecule has 0 unspecified atom stereocenters. The summed E-state index contributed by atoms with van der Waals surface area (Å²) in [5, 5.41) is 0. The van der Waals surface area contributed by atoms with Gasteiger partial charge in [-0.15, -0.1) is 0 Å². The van der Waals surface area contributed by atoms with Crippen molar-refractivity contribution < 1.29 is 4.79 Å². The molecule has 2 aromatic carbocycles. The molecule has 0 saturated heterocycles. The van der Waals surface area contributed by atoms with Crippen LogP contribution >= 0.6 is 0 Å². The van der Waals surface area contributed by atoms with Crippen LogP contribution in [0.15, 0.2) is 71.8 Å². The Labute approximate surface area is 200 Å². The van der Waals surface area contributed by atoms with Crippen LogP contribution in [0.2, 0.25) is 0 Å². The highest BCUT2D eigenvalue weighted by Crippen LogP contribution is 2.68. The van der Waals surface area contributed by atoms with Crippen molar-refractivity contribution in [3.05, 3.63) is 82.9 Å². The molecule has 5 rings (SSSR count). The first-order valence-corrected chi connectivity index (χ1v) is 13.7. The summed E-state index contributed by atoms with van der Waals surface area (Å²) in [5.41, 5.74) is 5.77. The summed E-state index contributed by atoms with van der Waals surface area (Å²) in [5.74, 6) is 2.02. The predicted molar refractivity (Wildman–Crippen MR) is 137 cm³/mol. The van der Waals surface area contributed by atoms with E-state index in [-0.39, 0.29) is 5.92 Å². The molecular formula is C32H40O. The fraction of sp³-hybridized carbons (Fsp3) is 0.531. The normalized spacial score (nSPS) is 28.8. The second-order valence-electron chi connectivity index (χ2n) is 10.7. The Balaban J connectivity index is 1.43. The van der Waals surface area contributed by atoms with E-state index in [0.29, 0.717) is 23.5 Å². The summed E-state index contributed by atoms with van der Waals surface area (Å²) >= 11 is 0. The zero-order valence-corrected chi connectivity index (χ0v) is 20.2. The second-order valence-corrected chi connectivity index (χ2v) is 10.7. The molecule has 0 heterocycles. The highest BCUT2D eigenvalue weighted by atomic mass is 16.1. The summed E-state index contributed by atoms with van der Waals surface area (Å²) in [6.07, 6.45) is 17.6. The van der Waals surface area contributed by atoms with Crippen molar-refractivity contribution in [2.75, 3.05) is 0 Å². The molecule has 174 valence electrons. The smallest absolute Gasteiger partial charge is 0.166 e. The van der Waals surface area contributed by atoms with Gasteiger partial charge >= 0.3 is 0 Å². The van der Waals surface area contributed by atoms with E-state index in [0.717, 1.165) is 5.56 Å². The molecule has 0 radical (unpaired) electrons. The van der Waals surface area contributed by atoms with Gasteiger partial charge in [-0.25, -0.2) is 0 Å². The second kappa shape index (κ2) is 10.9. The lowest BCUT2D eigenvalue weighted by Crippen LogP contribution is -2.13. The highest BCUT2D eigenvalue weighted by molar-refractivity contribution is 6.01. The average Bonchev–Trinajstić information content (AvgIpc) is 3.50. The van der Waals surface area contributed by atoms with Crippen LogP contribution in [-0.4, -0.2) is 5.78 Å². The number of Topliss-reactive ketones (excluding diaryl/α,β-unsaturated/α-hetero) is 1. The number of carbonyl (C=O) groups excluding carboxylic acids is 1. The topological polar surface area (TPSA) is 17.1 Å². The third kappa shape index (κ3) is 5.03. The molecule has 0 spiro atoms. The molecule has 4 atom stereocenters. The fourth-order valence-corrected chi connectivity index (χ4v) is 6.93. The summed E-state index contributed by atoms with van der Waals surface area (Å²) in [4.78, 5) is 13.5. The van der Waals surface area contributed by atoms with Crippen LogP contribution in [0.3, 0.4) is 0 Å². The van der Waals surface area contributed by atoms with E-state index in [1.54, 1.807) is 11.1 Å². The van der Waals surface area contributed by atoms with Crippen molar-refractivity contribution >= 4 is 5.78 Å². The molecule has 1 heteroatoms. The van der Waals surface area contributed by atoms with Gasteiger partial charge in [-0.1, -0.05) is 130 Å². The van der Waals surface area contributed by atoms with Gasteiger partial charge in [-0.3, -0.25) is 4.79 Å². The Hall–Kier alpha value is -2.15. The standard InChI is InChI=1S/C32H40O/c33-32(25-20-14-11-15-21-25)31-29-27-23-17-9-7-5-3-1-2-4-6-8-16-22-26(27)28(30(29)31)24-18-12-10-13-19-24/h10-15,18-21,28-31H,1-9,16-17,22-23H2/t28-,29+,30-,31-/m1/s1. The lowest BCUT2D eigenvalue weighted by Gasteiger charge is -2.22. The molecule has 0 aromatic heterocycles. The maximum atomic E-state index is 13.5. The minimum absolute atomic E-state index is 0.193. The number of allylic oxidation sites excluding steroid dienone is 2. The van der Waals surface area contributed by atoms with E-state index in [2.05, 4.69) is 30.3 Å². The summed E-state index contributed by atoms with van der Waals surface area (Å²) in [6.45, 7) is 0. The molecule has 3 aliphatic carbocycles. The van der Waals surface area contributed by atoms with Gasteiger partial charge in [0.15, 0.2) is 5.78 Å². The van der Waals surface area contributed by atoms with Gasteiger partial charge in [0, 0.05) is 17.4 Å². The third-order valence-corrected chi connectivity index (χ3v) is 8.56. The minimum Gasteiger partial charge on any atom is -0.294 e. The zero-order chi connectivity index (χ0) is 22.5. The van der Waals surface area contributed by atoms with Gasteiger partial charge in [0.25, 0.3) is 0 Å². The Kier molecular flexibility index (Phi) is 7.44. The van der Waals surface area contributed by atoms with Gasteiger partial charge in [-0.2, -0.15) is 0 Å². The van der Waals surface area contributed by atoms with Crippen LogP contribution < -0.4 is 0 Å². The van der Waals surface area contributed by atoms with Gasteiger partial charge in [-0.05, 0) is 43.1 Å². The van der Waals surface area contributed by atoms with E-state index in [1.165, 1.54) is 89.0 Å². The van der Waals surface area contributed by atoms with Crippen molar-refractivity contribution in [2.24, 2.45) is 17.8 Å². The van der Waals surface area contributed by atoms with Crippen molar-refractivity contribution in [3.63, 3.8) is 0 Å². The first-order chi connectivity index (χ1) is 16.4. The van der Waals surface area contributed by atoms with Crippen molar-refractivity contribution in [1.29, 1.82) is 0 Å². The highest BCUT2D eigenvalue weighted by Gasteiger charge is 2.64. The lowest BCUT2D eigenvalue weighted by molar-refractivity contribution is 0.0954. The quantitative estimate of drug-likeness (QED) is 0.344. The largest absolute Gasteiger partial charge is 0.294 e. The minimum atomic E-state index is 0.193. The monoisotopic (exact) mass is 440 g/mol. The fourth-order valence-electron chi connectivity index (χ4n) is 6.93. The van der Waals surface area contributed by atoms with E-state index in [4.69, 9.17) is 0 Å². The van der Waals surface area contributed by atoms with E-state index >= 15 is 0 Å². The van der Waals surface area contributed by atoms with Crippen molar-refractivity contribution in [1.82, 2.24) is 0 Å². The Bertz CT molecular complexity index is 941. The van der Waals surface area contributed by atoms with Gasteiger partial charge in [0.2, 0.25) is 0 Å². The third-order valence-electron chi connectivity index (χ3n) is 8.56. The van der Waals surface area contributed by atoms with Crippen molar-refractivity contribution in [2.45, 2.75) is 89.4 Å². The number of ketones is 1. The maximum Gasteiger partial charge on any atom is 0.166 e. The van der Waals surface area contributed by atoms with Crippen LogP contribution in [0.5, 0.6) is 0 Å². The summed E-state index contributed by atoms with van der Waals surface area (Å²) in [6, 6.07) is 21.2. The SMILES string of the molecule is O=C(c1ccccc1)[C@@H]1[C@H]2C3=C(CCCCCCCCCCCCC3)[C@@H](c3ccccc3)[C@@H]12. The molecule has 33 heavy (non-hydrogen) atoms. The predicted octanol–water partition coefficient (Wildman–Crippen LogP) is 8.91. The van der Waals surface area contributed by atoms with E-state index in [9.17, 15) is 4.79 Å². The molecule has 0 N–H and O–H groups in total. The lowest BCUT2D eigenvalue weighted by atomic mass is 9.82. The van der Waals surface area contributed by atoms with Crippen LogP contribution in [0, 0.1) is 17.8 Å². The first-order valence-electron chi connectivity index (χ1n) is 13.7. The molecule has 1 nitrogen and oxygen atoms in total. The summed E-state index contributed by atoms with van der Waals surface area (Å²) in [7, 11) is 0. The molecule has 0 aliphatic heterocycles. The van der Waals surface area contributed by atoms with Crippen molar-refractivity contribution in [3.8, 4) is 0 Å². The van der Waals surface area contributed by atoms with Crippen LogP contribution in [0.1, 0.15) is 105 Å². The molecular weight excluding hydrogens is 400 g/mol. The average molecular weight is 441 g/mol. The zero-order valence-electron chi connectivity index (χ0n) is 20.2. The molecule has 3 aliphatic rings. The van der Waals surface area contributed by atoms with Crippen LogP contribution in [-0.2, 0) is 0 Å². The van der Waals surface area contributed by atoms with Gasteiger partial charge < -0.3 is 0 Å². The number of rotatable bonds is 3. The first kappa shape index (κ1) is 22.6. The number of fused-ring (bicyclic) bond motifs is 2. The van der Waals surface area contributed by atoms with E-state index < -0.39 is 0 Å². The van der Waals surface area contributed by atoms with Gasteiger partial charge in [0.1, 0.15) is 0 Å². The summed E-state index contributed by atoms with van der Waals surface area (Å²) < 4.78 is 0. The molecule has 0 amide bonds. The Morgan fingerprint density at radius 3 is 1.64 bits per heavy atom. The number of hydrogen-bond donors (Lipinski definition) is 0. The Morgan fingerprint density at radius 1 is 0.576 bits per heavy atom. The maximum absolute atomic E-state index is 13.5. The number of hydrogen-bond acceptors (Lipinski definition) is 1. The molecule has 1 saturated carbocycles. The van der Waals surface area contributed by atoms with E-state index in [1.807, 2.05) is 30.3 Å².